The van der Waals surface area contributed by atoms with E-state index in [4.69, 9.17) is 4.74 Å². The average molecular weight is 346 g/mol. The SMILES string of the molecule is CC(C)(C)OC(=O)NN1CC=C(OS(=O)(=O)C(F)(F)F)CC1. The smallest absolute Gasteiger partial charge is 0.443 e. The van der Waals surface area contributed by atoms with Crippen molar-refractivity contribution in [1.29, 1.82) is 0 Å². The number of nitrogens with zero attached hydrogens (tertiary/aromatic N) is 1. The molecule has 0 unspecified atom stereocenters. The molecule has 0 atom stereocenters. The molecule has 0 aromatic rings. The molecule has 0 saturated carbocycles. The summed E-state index contributed by atoms with van der Waals surface area (Å²) < 4.78 is 67.2. The molecule has 0 aromatic heterocycles. The zero-order chi connectivity index (χ0) is 17.2. The minimum absolute atomic E-state index is 0.0120. The van der Waals surface area contributed by atoms with Crippen molar-refractivity contribution in [3.8, 4) is 0 Å². The van der Waals surface area contributed by atoms with E-state index in [1.165, 1.54) is 5.01 Å². The molecule has 0 fully saturated rings. The molecule has 11 heteroatoms. The van der Waals surface area contributed by atoms with Crippen LogP contribution in [0.25, 0.3) is 0 Å². The van der Waals surface area contributed by atoms with E-state index in [0.29, 0.717) is 0 Å². The summed E-state index contributed by atoms with van der Waals surface area (Å²) in [5.74, 6) is -0.320. The minimum atomic E-state index is -5.66. The second-order valence-electron chi connectivity index (χ2n) is 5.46. The highest BCUT2D eigenvalue weighted by atomic mass is 32.2. The molecule has 1 aliphatic heterocycles. The third kappa shape index (κ3) is 5.72. The van der Waals surface area contributed by atoms with Crippen LogP contribution in [0.5, 0.6) is 0 Å². The summed E-state index contributed by atoms with van der Waals surface area (Å²) in [6, 6.07) is 0. The molecule has 1 aliphatic rings. The molecule has 1 heterocycles. The molecule has 22 heavy (non-hydrogen) atoms. The predicted octanol–water partition coefficient (Wildman–Crippen LogP) is 1.88. The van der Waals surface area contributed by atoms with Crippen LogP contribution in [-0.4, -0.2) is 43.7 Å². The lowest BCUT2D eigenvalue weighted by molar-refractivity contribution is -0.0525. The van der Waals surface area contributed by atoms with Crippen molar-refractivity contribution in [3.63, 3.8) is 0 Å². The summed E-state index contributed by atoms with van der Waals surface area (Å²) in [6.45, 7) is 5.10. The largest absolute Gasteiger partial charge is 0.534 e. The first-order chi connectivity index (χ1) is 9.80. The van der Waals surface area contributed by atoms with Crippen LogP contribution in [0.1, 0.15) is 27.2 Å². The van der Waals surface area contributed by atoms with E-state index in [9.17, 15) is 26.4 Å². The fraction of sp³-hybridized carbons (Fsp3) is 0.727. The maximum absolute atomic E-state index is 12.2. The summed E-state index contributed by atoms with van der Waals surface area (Å²) in [4.78, 5) is 11.5. The highest BCUT2D eigenvalue weighted by molar-refractivity contribution is 7.87. The second kappa shape index (κ2) is 6.32. The number of amides is 1. The number of hydrazine groups is 1. The van der Waals surface area contributed by atoms with Crippen LogP contribution in [0.15, 0.2) is 11.8 Å². The van der Waals surface area contributed by atoms with E-state index in [-0.39, 0.29) is 25.3 Å². The molecule has 128 valence electrons. The topological polar surface area (TPSA) is 84.9 Å². The van der Waals surface area contributed by atoms with Crippen molar-refractivity contribution in [3.05, 3.63) is 11.8 Å². The lowest BCUT2D eigenvalue weighted by atomic mass is 10.2. The van der Waals surface area contributed by atoms with E-state index in [0.717, 1.165) is 6.08 Å². The number of nitrogens with one attached hydrogen (secondary N) is 1. The van der Waals surface area contributed by atoms with Crippen LogP contribution in [-0.2, 0) is 19.0 Å². The first kappa shape index (κ1) is 18.6. The molecular formula is C11H17F3N2O5S. The van der Waals surface area contributed by atoms with Gasteiger partial charge in [0, 0.05) is 19.5 Å². The van der Waals surface area contributed by atoms with E-state index in [1.54, 1.807) is 20.8 Å². The van der Waals surface area contributed by atoms with E-state index in [2.05, 4.69) is 9.61 Å². The number of hydrogen-bond acceptors (Lipinski definition) is 6. The highest BCUT2D eigenvalue weighted by Gasteiger charge is 2.48. The summed E-state index contributed by atoms with van der Waals surface area (Å²) >= 11 is 0. The number of alkyl halides is 3. The fourth-order valence-corrected chi connectivity index (χ4v) is 1.97. The Balaban J connectivity index is 2.55. The molecule has 0 saturated heterocycles. The Morgan fingerprint density at radius 3 is 2.32 bits per heavy atom. The van der Waals surface area contributed by atoms with Crippen LogP contribution >= 0.6 is 0 Å². The van der Waals surface area contributed by atoms with Gasteiger partial charge in [-0.05, 0) is 26.8 Å². The van der Waals surface area contributed by atoms with Gasteiger partial charge in [-0.15, -0.1) is 0 Å². The van der Waals surface area contributed by atoms with Gasteiger partial charge in [-0.25, -0.2) is 9.80 Å². The Labute approximate surface area is 126 Å². The Hall–Kier alpha value is -1.49. The van der Waals surface area contributed by atoms with Crippen LogP contribution in [0, 0.1) is 0 Å². The Morgan fingerprint density at radius 2 is 1.91 bits per heavy atom. The lowest BCUT2D eigenvalue weighted by Gasteiger charge is -2.28. The van der Waals surface area contributed by atoms with Gasteiger partial charge in [0.25, 0.3) is 0 Å². The first-order valence-corrected chi connectivity index (χ1v) is 7.65. The van der Waals surface area contributed by atoms with Crippen LogP contribution < -0.4 is 5.43 Å². The van der Waals surface area contributed by atoms with Gasteiger partial charge >= 0.3 is 21.7 Å². The Kier molecular flexibility index (Phi) is 5.34. The van der Waals surface area contributed by atoms with Crippen molar-refractivity contribution < 1.29 is 35.3 Å². The molecule has 7 nitrogen and oxygen atoms in total. The minimum Gasteiger partial charge on any atom is -0.443 e. The molecule has 1 rings (SSSR count). The molecule has 0 spiro atoms. The summed E-state index contributed by atoms with van der Waals surface area (Å²) in [5, 5.41) is 1.36. The molecular weight excluding hydrogens is 329 g/mol. The first-order valence-electron chi connectivity index (χ1n) is 6.24. The molecule has 1 amide bonds. The third-order valence-corrected chi connectivity index (χ3v) is 3.32. The van der Waals surface area contributed by atoms with Crippen LogP contribution in [0.2, 0.25) is 0 Å². The van der Waals surface area contributed by atoms with Gasteiger partial charge in [0.05, 0.1) is 0 Å². The van der Waals surface area contributed by atoms with E-state index < -0.39 is 27.3 Å². The maximum Gasteiger partial charge on any atom is 0.534 e. The normalized spacial score (nSPS) is 17.6. The summed E-state index contributed by atoms with van der Waals surface area (Å²) in [7, 11) is -5.66. The van der Waals surface area contributed by atoms with Crippen molar-refractivity contribution in [2.24, 2.45) is 0 Å². The number of halogens is 3. The second-order valence-corrected chi connectivity index (χ2v) is 7.00. The summed E-state index contributed by atoms with van der Waals surface area (Å²) in [5.41, 5.74) is -3.77. The van der Waals surface area contributed by atoms with Crippen molar-refractivity contribution in [2.45, 2.75) is 38.3 Å². The number of carbonyl (C=O) groups excluding carboxylic acids is 1. The van der Waals surface area contributed by atoms with Gasteiger partial charge in [-0.2, -0.15) is 21.6 Å². The lowest BCUT2D eigenvalue weighted by Crippen LogP contribution is -2.46. The highest BCUT2D eigenvalue weighted by Crippen LogP contribution is 2.28. The Morgan fingerprint density at radius 1 is 1.32 bits per heavy atom. The predicted molar refractivity (Wildman–Crippen MR) is 69.7 cm³/mol. The third-order valence-electron chi connectivity index (χ3n) is 2.32. The molecule has 0 aromatic carbocycles. The van der Waals surface area contributed by atoms with Crippen molar-refractivity contribution >= 4 is 16.2 Å². The van der Waals surface area contributed by atoms with E-state index in [1.807, 2.05) is 0 Å². The standard InChI is InChI=1S/C11H17F3N2O5S/c1-10(2,3)20-9(17)15-16-6-4-8(5-7-16)21-22(18,19)11(12,13)14/h4H,5-7H2,1-3H3,(H,15,17). The molecule has 0 aliphatic carbocycles. The maximum atomic E-state index is 12.2. The number of carbonyl (C=O) groups is 1. The van der Waals surface area contributed by atoms with Gasteiger partial charge in [-0.3, -0.25) is 5.43 Å². The number of rotatable bonds is 3. The van der Waals surface area contributed by atoms with Crippen molar-refractivity contribution in [1.82, 2.24) is 10.4 Å². The van der Waals surface area contributed by atoms with Gasteiger partial charge in [0.2, 0.25) is 0 Å². The van der Waals surface area contributed by atoms with Gasteiger partial charge < -0.3 is 8.92 Å². The van der Waals surface area contributed by atoms with Crippen LogP contribution in [0.4, 0.5) is 18.0 Å². The molecule has 1 N–H and O–H groups in total. The van der Waals surface area contributed by atoms with Gasteiger partial charge in [0.1, 0.15) is 11.4 Å². The van der Waals surface area contributed by atoms with Crippen LogP contribution in [0.3, 0.4) is 0 Å². The van der Waals surface area contributed by atoms with E-state index >= 15 is 0 Å². The van der Waals surface area contributed by atoms with Gasteiger partial charge in [0.15, 0.2) is 0 Å². The summed E-state index contributed by atoms with van der Waals surface area (Å²) in [6.07, 6.45) is 0.322. The fourth-order valence-electron chi connectivity index (χ4n) is 1.45. The quantitative estimate of drug-likeness (QED) is 0.620. The van der Waals surface area contributed by atoms with Crippen molar-refractivity contribution in [2.75, 3.05) is 13.1 Å². The number of hydrogen-bond donors (Lipinski definition) is 1. The Bertz CT molecular complexity index is 551. The molecule has 0 bridgehead atoms. The zero-order valence-electron chi connectivity index (χ0n) is 12.2. The monoisotopic (exact) mass is 346 g/mol. The van der Waals surface area contributed by atoms with Gasteiger partial charge in [-0.1, -0.05) is 0 Å². The number of ether oxygens (including phenoxy) is 1. The zero-order valence-corrected chi connectivity index (χ0v) is 13.0. The average Bonchev–Trinajstić information content (AvgIpc) is 2.27. The molecule has 0 radical (unpaired) electrons.